The monoisotopic (exact) mass is 496 g/mol. The van der Waals surface area contributed by atoms with E-state index in [0.29, 0.717) is 28.3 Å². The maximum absolute atomic E-state index is 13.7. The summed E-state index contributed by atoms with van der Waals surface area (Å²) in [5.41, 5.74) is 6.24. The van der Waals surface area contributed by atoms with Crippen LogP contribution in [0, 0.1) is 5.82 Å². The Kier molecular flexibility index (Phi) is 4.83. The van der Waals surface area contributed by atoms with E-state index in [-0.39, 0.29) is 23.2 Å². The van der Waals surface area contributed by atoms with E-state index in [4.69, 9.17) is 9.72 Å². The maximum Gasteiger partial charge on any atom is 0.279 e. The van der Waals surface area contributed by atoms with Crippen molar-refractivity contribution >= 4 is 29.3 Å². The second-order valence-electron chi connectivity index (χ2n) is 10.3. The number of halogens is 1. The highest BCUT2D eigenvalue weighted by Crippen LogP contribution is 2.50. The number of hydrogen-bond acceptors (Lipinski definition) is 6. The molecule has 1 N–H and O–H groups in total. The zero-order chi connectivity index (χ0) is 25.3. The van der Waals surface area contributed by atoms with Gasteiger partial charge in [0.2, 0.25) is 0 Å². The lowest BCUT2D eigenvalue weighted by Gasteiger charge is -2.24. The number of nitrogens with one attached hydrogen (secondary N) is 1. The van der Waals surface area contributed by atoms with Gasteiger partial charge < -0.3 is 15.0 Å². The Labute approximate surface area is 212 Å². The first-order chi connectivity index (χ1) is 17.9. The highest BCUT2D eigenvalue weighted by atomic mass is 19.1. The van der Waals surface area contributed by atoms with Crippen LogP contribution in [-0.4, -0.2) is 58.7 Å². The van der Waals surface area contributed by atoms with Crippen LogP contribution in [-0.2, 0) is 10.2 Å². The molecule has 5 heterocycles. The quantitative estimate of drug-likeness (QED) is 0.447. The number of carbonyl (C=O) groups excluding carboxylic acids is 1. The summed E-state index contributed by atoms with van der Waals surface area (Å²) < 4.78 is 21.3. The number of benzene rings is 1. The van der Waals surface area contributed by atoms with Crippen molar-refractivity contribution in [3.63, 3.8) is 0 Å². The van der Waals surface area contributed by atoms with Crippen molar-refractivity contribution in [2.24, 2.45) is 4.99 Å². The number of fused-ring (bicyclic) bond motifs is 4. The molecule has 2 aliphatic heterocycles. The molecule has 0 saturated carbocycles. The highest BCUT2D eigenvalue weighted by Gasteiger charge is 2.48. The normalized spacial score (nSPS) is 21.9. The molecule has 1 amide bonds. The van der Waals surface area contributed by atoms with Gasteiger partial charge in [-0.05, 0) is 50.7 Å². The number of imidazole rings is 1. The molecule has 0 radical (unpaired) electrons. The molecule has 1 aromatic carbocycles. The van der Waals surface area contributed by atoms with E-state index in [1.807, 2.05) is 18.2 Å². The smallest absolute Gasteiger partial charge is 0.279 e. The number of pyridine rings is 2. The fourth-order valence-electron chi connectivity index (χ4n) is 6.02. The number of carbonyl (C=O) groups is 1. The van der Waals surface area contributed by atoms with Crippen LogP contribution in [0.2, 0.25) is 0 Å². The molecule has 4 aromatic rings. The zero-order valence-corrected chi connectivity index (χ0v) is 20.5. The summed E-state index contributed by atoms with van der Waals surface area (Å²) in [5, 5.41) is 3.39. The topological polar surface area (TPSA) is 84.1 Å². The van der Waals surface area contributed by atoms with Crippen molar-refractivity contribution in [1.29, 1.82) is 0 Å². The molecule has 186 valence electrons. The van der Waals surface area contributed by atoms with E-state index in [9.17, 15) is 9.18 Å². The van der Waals surface area contributed by atoms with Gasteiger partial charge in [-0.1, -0.05) is 12.1 Å². The highest BCUT2D eigenvalue weighted by molar-refractivity contribution is 6.19. The van der Waals surface area contributed by atoms with E-state index in [2.05, 4.69) is 40.4 Å². The molecule has 37 heavy (non-hydrogen) atoms. The lowest BCUT2D eigenvalue weighted by molar-refractivity contribution is 0.101. The number of amides is 1. The van der Waals surface area contributed by atoms with Crippen molar-refractivity contribution in [3.8, 4) is 11.3 Å². The maximum atomic E-state index is 13.7. The SMILES string of the molecule is CN(C)C1CC2(CCOC2)c2ccc(Nc3ccc(-c4cnc5cc(F)ccn45)c4c3C(=O)N=C4)nc21. The first-order valence-electron chi connectivity index (χ1n) is 12.3. The van der Waals surface area contributed by atoms with Crippen LogP contribution < -0.4 is 5.32 Å². The summed E-state index contributed by atoms with van der Waals surface area (Å²) in [6.07, 6.45) is 6.90. The van der Waals surface area contributed by atoms with Crippen LogP contribution >= 0.6 is 0 Å². The van der Waals surface area contributed by atoms with E-state index < -0.39 is 0 Å². The summed E-state index contributed by atoms with van der Waals surface area (Å²) >= 11 is 0. The Balaban J connectivity index is 1.28. The third kappa shape index (κ3) is 3.34. The lowest BCUT2D eigenvalue weighted by Crippen LogP contribution is -2.25. The molecule has 1 saturated heterocycles. The van der Waals surface area contributed by atoms with E-state index in [0.717, 1.165) is 43.0 Å². The summed E-state index contributed by atoms with van der Waals surface area (Å²) in [6, 6.07) is 10.9. The van der Waals surface area contributed by atoms with E-state index >= 15 is 0 Å². The molecular formula is C28H25FN6O2. The van der Waals surface area contributed by atoms with Crippen LogP contribution in [0.15, 0.2) is 53.8 Å². The van der Waals surface area contributed by atoms with Crippen LogP contribution in [0.25, 0.3) is 16.9 Å². The minimum absolute atomic E-state index is 0.0272. The second kappa shape index (κ2) is 8.03. The van der Waals surface area contributed by atoms with Gasteiger partial charge in [-0.3, -0.25) is 9.20 Å². The number of nitrogens with zero attached hydrogens (tertiary/aromatic N) is 5. The fourth-order valence-corrected chi connectivity index (χ4v) is 6.02. The van der Waals surface area contributed by atoms with Crippen molar-refractivity contribution in [2.75, 3.05) is 32.6 Å². The van der Waals surface area contributed by atoms with E-state index in [1.54, 1.807) is 23.0 Å². The molecule has 1 spiro atoms. The average Bonchev–Trinajstić information content (AvgIpc) is 3.67. The Morgan fingerprint density at radius 1 is 1.22 bits per heavy atom. The van der Waals surface area contributed by atoms with Crippen LogP contribution in [0.3, 0.4) is 0 Å². The molecule has 3 aromatic heterocycles. The van der Waals surface area contributed by atoms with Crippen molar-refractivity contribution < 1.29 is 13.9 Å². The van der Waals surface area contributed by atoms with Gasteiger partial charge in [0.15, 0.2) is 0 Å². The zero-order valence-electron chi connectivity index (χ0n) is 20.5. The Morgan fingerprint density at radius 3 is 2.92 bits per heavy atom. The van der Waals surface area contributed by atoms with Gasteiger partial charge >= 0.3 is 0 Å². The summed E-state index contributed by atoms with van der Waals surface area (Å²) in [5.74, 6) is 0.0194. The molecule has 0 bridgehead atoms. The molecule has 1 aliphatic carbocycles. The standard InChI is InChI=1S/C28H25FN6O2/c1-34(2)21-12-28(8-10-37-15-28)19-4-6-23(33-26(19)21)32-20-5-3-17(18-13-31-27(36)25(18)20)22-14-30-24-11-16(29)7-9-35(22)24/h3-7,9,11,13-14,21H,8,10,12,15H2,1-2H3,(H,32,33). The van der Waals surface area contributed by atoms with Gasteiger partial charge in [-0.25, -0.2) is 19.4 Å². The van der Waals surface area contributed by atoms with Crippen LogP contribution in [0.5, 0.6) is 0 Å². The van der Waals surface area contributed by atoms with Crippen molar-refractivity contribution in [3.05, 3.63) is 77.0 Å². The molecule has 8 nitrogen and oxygen atoms in total. The Morgan fingerprint density at radius 2 is 2.11 bits per heavy atom. The van der Waals surface area contributed by atoms with Gasteiger partial charge in [0.25, 0.3) is 5.91 Å². The molecule has 3 aliphatic rings. The predicted octanol–water partition coefficient (Wildman–Crippen LogP) is 4.52. The van der Waals surface area contributed by atoms with Gasteiger partial charge in [0.1, 0.15) is 17.3 Å². The van der Waals surface area contributed by atoms with Gasteiger partial charge in [-0.15, -0.1) is 0 Å². The molecule has 2 unspecified atom stereocenters. The third-order valence-corrected chi connectivity index (χ3v) is 7.91. The van der Waals surface area contributed by atoms with Gasteiger partial charge in [0, 0.05) is 41.6 Å². The van der Waals surface area contributed by atoms with Gasteiger partial charge in [-0.2, -0.15) is 0 Å². The number of aromatic nitrogens is 3. The summed E-state index contributed by atoms with van der Waals surface area (Å²) in [7, 11) is 4.17. The van der Waals surface area contributed by atoms with Gasteiger partial charge in [0.05, 0.1) is 41.5 Å². The predicted molar refractivity (Wildman–Crippen MR) is 138 cm³/mol. The molecular weight excluding hydrogens is 471 g/mol. The molecule has 1 fully saturated rings. The fraction of sp³-hybridized carbons (Fsp3) is 0.286. The summed E-state index contributed by atoms with van der Waals surface area (Å²) in [4.78, 5) is 28.5. The Hall–Kier alpha value is -3.95. The minimum atomic E-state index is -0.351. The number of rotatable bonds is 4. The number of hydrogen-bond donors (Lipinski definition) is 1. The van der Waals surface area contributed by atoms with Crippen LogP contribution in [0.4, 0.5) is 15.9 Å². The first-order valence-corrected chi connectivity index (χ1v) is 12.3. The first kappa shape index (κ1) is 22.3. The van der Waals surface area contributed by atoms with Crippen molar-refractivity contribution in [2.45, 2.75) is 24.3 Å². The lowest BCUT2D eigenvalue weighted by atomic mass is 9.81. The molecule has 2 atom stereocenters. The second-order valence-corrected chi connectivity index (χ2v) is 10.3. The average molecular weight is 497 g/mol. The minimum Gasteiger partial charge on any atom is -0.380 e. The Bertz CT molecular complexity index is 1620. The van der Waals surface area contributed by atoms with E-state index in [1.165, 1.54) is 17.7 Å². The number of aliphatic imine (C=N–C) groups is 1. The van der Waals surface area contributed by atoms with Crippen molar-refractivity contribution in [1.82, 2.24) is 19.3 Å². The number of ether oxygens (including phenoxy) is 1. The number of anilines is 2. The largest absolute Gasteiger partial charge is 0.380 e. The molecule has 9 heteroatoms. The summed E-state index contributed by atoms with van der Waals surface area (Å²) in [6.45, 7) is 1.51. The van der Waals surface area contributed by atoms with Crippen LogP contribution in [0.1, 0.15) is 46.1 Å². The molecule has 7 rings (SSSR count). The third-order valence-electron chi connectivity index (χ3n) is 7.91.